The van der Waals surface area contributed by atoms with Crippen LogP contribution in [0.4, 0.5) is 0 Å². The Labute approximate surface area is 104 Å². The molecule has 6 nitrogen and oxygen atoms in total. The van der Waals surface area contributed by atoms with Crippen molar-refractivity contribution in [1.82, 2.24) is 9.97 Å². The van der Waals surface area contributed by atoms with Crippen LogP contribution in [0.3, 0.4) is 0 Å². The Kier molecular flexibility index (Phi) is 2.92. The summed E-state index contributed by atoms with van der Waals surface area (Å²) in [6, 6.07) is 6.26. The average Bonchev–Trinajstić information content (AvgIpc) is 2.77. The molecule has 0 spiro atoms. The summed E-state index contributed by atoms with van der Waals surface area (Å²) in [4.78, 5) is 17.7. The Hall–Kier alpha value is -2.15. The second kappa shape index (κ2) is 4.26. The highest BCUT2D eigenvalue weighted by atomic mass is 32.2. The van der Waals surface area contributed by atoms with E-state index in [1.54, 1.807) is 12.1 Å². The maximum atomic E-state index is 11.3. The molecule has 0 saturated carbocycles. The van der Waals surface area contributed by atoms with Gasteiger partial charge in [0.2, 0.25) is 0 Å². The van der Waals surface area contributed by atoms with Crippen LogP contribution in [0.5, 0.6) is 0 Å². The first-order chi connectivity index (χ1) is 8.38. The molecule has 2 aromatic rings. The molecule has 0 fully saturated rings. The molecule has 0 aliphatic heterocycles. The summed E-state index contributed by atoms with van der Waals surface area (Å²) in [7, 11) is -3.21. The van der Waals surface area contributed by atoms with Gasteiger partial charge in [-0.1, -0.05) is 12.1 Å². The zero-order valence-electron chi connectivity index (χ0n) is 9.54. The third-order valence-electron chi connectivity index (χ3n) is 2.40. The van der Waals surface area contributed by atoms with E-state index in [2.05, 4.69) is 9.97 Å². The molecule has 1 aromatic heterocycles. The number of nitrogens with one attached hydrogen (secondary N) is 1. The molecule has 0 aliphatic carbocycles. The van der Waals surface area contributed by atoms with Gasteiger partial charge in [0, 0.05) is 6.26 Å². The fourth-order valence-electron chi connectivity index (χ4n) is 1.47. The molecule has 0 bridgehead atoms. The largest absolute Gasteiger partial charge is 0.363 e. The zero-order valence-corrected chi connectivity index (χ0v) is 10.4. The molecule has 0 aliphatic rings. The summed E-state index contributed by atoms with van der Waals surface area (Å²) in [5, 5.41) is 0. The van der Waals surface area contributed by atoms with E-state index in [1.807, 2.05) is 0 Å². The van der Waals surface area contributed by atoms with Crippen molar-refractivity contribution in [2.45, 2.75) is 4.90 Å². The first-order valence-corrected chi connectivity index (χ1v) is 6.92. The minimum Gasteiger partial charge on any atom is -0.363 e. The number of carbonyl (C=O) groups excluding carboxylic acids is 1. The maximum Gasteiger partial charge on any atom is 0.284 e. The van der Waals surface area contributed by atoms with Gasteiger partial charge in [-0.25, -0.2) is 13.4 Å². The van der Waals surface area contributed by atoms with Gasteiger partial charge in [-0.05, 0) is 17.7 Å². The second-order valence-corrected chi connectivity index (χ2v) is 5.82. The number of aromatic amines is 1. The number of amides is 1. The number of primary amides is 1. The van der Waals surface area contributed by atoms with E-state index in [-0.39, 0.29) is 10.7 Å². The first kappa shape index (κ1) is 12.3. The lowest BCUT2D eigenvalue weighted by atomic mass is 10.2. The molecular weight excluding hydrogens is 254 g/mol. The Morgan fingerprint density at radius 1 is 1.28 bits per heavy atom. The van der Waals surface area contributed by atoms with Crippen LogP contribution >= 0.6 is 0 Å². The molecule has 94 valence electrons. The normalized spacial score (nSPS) is 11.4. The van der Waals surface area contributed by atoms with Crippen LogP contribution in [-0.4, -0.2) is 30.5 Å². The van der Waals surface area contributed by atoms with Crippen LogP contribution in [0.25, 0.3) is 11.3 Å². The Balaban J connectivity index is 2.37. The van der Waals surface area contributed by atoms with Crippen molar-refractivity contribution < 1.29 is 13.2 Å². The van der Waals surface area contributed by atoms with E-state index < -0.39 is 15.7 Å². The van der Waals surface area contributed by atoms with E-state index in [1.165, 1.54) is 18.3 Å². The summed E-state index contributed by atoms with van der Waals surface area (Å²) in [5.74, 6) is -0.578. The molecule has 2 rings (SSSR count). The summed E-state index contributed by atoms with van der Waals surface area (Å²) in [6.45, 7) is 0. The first-order valence-electron chi connectivity index (χ1n) is 5.03. The van der Waals surface area contributed by atoms with Gasteiger partial charge in [0.25, 0.3) is 5.91 Å². The van der Waals surface area contributed by atoms with Crippen molar-refractivity contribution in [2.75, 3.05) is 6.26 Å². The predicted octanol–water partition coefficient (Wildman–Crippen LogP) is 0.579. The zero-order chi connectivity index (χ0) is 13.3. The molecule has 1 heterocycles. The second-order valence-electron chi connectivity index (χ2n) is 3.81. The highest BCUT2D eigenvalue weighted by molar-refractivity contribution is 7.90. The fraction of sp³-hybridized carbons (Fsp3) is 0.0909. The molecule has 1 aromatic carbocycles. The summed E-state index contributed by atoms with van der Waals surface area (Å²) < 4.78 is 22.6. The number of hydrogen-bond donors (Lipinski definition) is 2. The third kappa shape index (κ3) is 2.40. The van der Waals surface area contributed by atoms with E-state index in [0.29, 0.717) is 5.69 Å². The Bertz CT molecular complexity index is 687. The molecule has 1 amide bonds. The van der Waals surface area contributed by atoms with Crippen molar-refractivity contribution in [3.8, 4) is 11.3 Å². The van der Waals surface area contributed by atoms with Crippen molar-refractivity contribution >= 4 is 15.7 Å². The number of benzene rings is 1. The monoisotopic (exact) mass is 265 g/mol. The smallest absolute Gasteiger partial charge is 0.284 e. The van der Waals surface area contributed by atoms with Crippen LogP contribution in [0.1, 0.15) is 10.6 Å². The van der Waals surface area contributed by atoms with Crippen molar-refractivity contribution in [3.63, 3.8) is 0 Å². The number of hydrogen-bond acceptors (Lipinski definition) is 4. The topological polar surface area (TPSA) is 106 Å². The van der Waals surface area contributed by atoms with E-state index in [0.717, 1.165) is 11.8 Å². The van der Waals surface area contributed by atoms with Crippen LogP contribution in [-0.2, 0) is 9.84 Å². The number of imidazole rings is 1. The number of aromatic nitrogens is 2. The minimum atomic E-state index is -3.21. The maximum absolute atomic E-state index is 11.3. The molecular formula is C11H11N3O3S. The van der Waals surface area contributed by atoms with Gasteiger partial charge in [0.05, 0.1) is 16.8 Å². The minimum absolute atomic E-state index is 0.0668. The quantitative estimate of drug-likeness (QED) is 0.846. The van der Waals surface area contributed by atoms with E-state index in [9.17, 15) is 13.2 Å². The number of H-pyrrole nitrogens is 1. The van der Waals surface area contributed by atoms with E-state index >= 15 is 0 Å². The van der Waals surface area contributed by atoms with Gasteiger partial charge in [0.1, 0.15) is 0 Å². The highest BCUT2D eigenvalue weighted by Gasteiger charge is 2.09. The SMILES string of the molecule is CS(=O)(=O)c1ccc(-c2cnc(C(N)=O)[nH]2)cc1. The van der Waals surface area contributed by atoms with Crippen LogP contribution in [0.2, 0.25) is 0 Å². The lowest BCUT2D eigenvalue weighted by Crippen LogP contribution is -2.12. The highest BCUT2D eigenvalue weighted by Crippen LogP contribution is 2.19. The van der Waals surface area contributed by atoms with Gasteiger partial charge in [-0.2, -0.15) is 0 Å². The fourth-order valence-corrected chi connectivity index (χ4v) is 2.11. The van der Waals surface area contributed by atoms with E-state index in [4.69, 9.17) is 5.73 Å². The van der Waals surface area contributed by atoms with Crippen LogP contribution in [0.15, 0.2) is 35.4 Å². The summed E-state index contributed by atoms with van der Waals surface area (Å²) >= 11 is 0. The van der Waals surface area contributed by atoms with Gasteiger partial charge in [-0.15, -0.1) is 0 Å². The van der Waals surface area contributed by atoms with Crippen molar-refractivity contribution in [1.29, 1.82) is 0 Å². The number of sulfone groups is 1. The number of nitrogens with two attached hydrogens (primary N) is 1. The number of carbonyl (C=O) groups is 1. The molecule has 18 heavy (non-hydrogen) atoms. The molecule has 7 heteroatoms. The number of rotatable bonds is 3. The molecule has 0 atom stereocenters. The Morgan fingerprint density at radius 3 is 2.33 bits per heavy atom. The lowest BCUT2D eigenvalue weighted by Gasteiger charge is -2.00. The van der Waals surface area contributed by atoms with Gasteiger partial charge >= 0.3 is 0 Å². The lowest BCUT2D eigenvalue weighted by molar-refractivity contribution is 0.0991. The summed E-state index contributed by atoms with van der Waals surface area (Å²) in [5.41, 5.74) is 6.40. The van der Waals surface area contributed by atoms with Gasteiger partial charge in [-0.3, -0.25) is 4.79 Å². The van der Waals surface area contributed by atoms with Crippen LogP contribution in [0, 0.1) is 0 Å². The summed E-state index contributed by atoms with van der Waals surface area (Å²) in [6.07, 6.45) is 2.61. The average molecular weight is 265 g/mol. The van der Waals surface area contributed by atoms with Crippen molar-refractivity contribution in [2.24, 2.45) is 5.73 Å². The standard InChI is InChI=1S/C11H11N3O3S/c1-18(16,17)8-4-2-7(3-5-8)9-6-13-11(14-9)10(12)15/h2-6H,1H3,(H2,12,15)(H,13,14). The molecule has 0 saturated heterocycles. The van der Waals surface area contributed by atoms with Gasteiger partial charge < -0.3 is 10.7 Å². The van der Waals surface area contributed by atoms with Crippen LogP contribution < -0.4 is 5.73 Å². The molecule has 3 N–H and O–H groups in total. The molecule has 0 radical (unpaired) electrons. The van der Waals surface area contributed by atoms with Crippen molar-refractivity contribution in [3.05, 3.63) is 36.3 Å². The van der Waals surface area contributed by atoms with Gasteiger partial charge in [0.15, 0.2) is 15.7 Å². The number of nitrogens with zero attached hydrogens (tertiary/aromatic N) is 1. The third-order valence-corrected chi connectivity index (χ3v) is 3.53. The Morgan fingerprint density at radius 2 is 1.89 bits per heavy atom. The predicted molar refractivity (Wildman–Crippen MR) is 65.7 cm³/mol. The molecule has 0 unspecified atom stereocenters.